The van der Waals surface area contributed by atoms with Crippen LogP contribution in [-0.4, -0.2) is 41.7 Å². The van der Waals surface area contributed by atoms with Gasteiger partial charge in [-0.25, -0.2) is 4.79 Å². The minimum absolute atomic E-state index is 0.0570. The standard InChI is InChI=1S/C29H49NO4/c1-7-8-9-10-11-12-17-30-28(31)34-23-15-16-29(6,32)27-26-22(19(2)3)14-13-20(4)25(26)24(33-27)18-21(23)5/h19,22-27,32H,4-5,7-18H2,1-3,6H3,(H,30,31)/t22-,23+,24-,25-,26-,27-,29-/m1/s1. The third-order valence-electron chi connectivity index (χ3n) is 8.60. The Balaban J connectivity index is 1.62. The summed E-state index contributed by atoms with van der Waals surface area (Å²) >= 11 is 0. The third kappa shape index (κ3) is 6.46. The SMILES string of the molecule is C=C1CC[C@H](C(C)C)[C@@H]2[C@H]1[C@H]1CC(=C)[C@@H](OC(=O)NCCCCCCCC)CC[C@@](C)(O)[C@@H]2O1. The molecule has 194 valence electrons. The highest BCUT2D eigenvalue weighted by Crippen LogP contribution is 2.54. The number of carbonyl (C=O) groups excluding carboxylic acids is 1. The molecular formula is C29H49NO4. The zero-order valence-electron chi connectivity index (χ0n) is 22.1. The van der Waals surface area contributed by atoms with Gasteiger partial charge in [-0.3, -0.25) is 0 Å². The van der Waals surface area contributed by atoms with E-state index in [9.17, 15) is 9.90 Å². The van der Waals surface area contributed by atoms with Gasteiger partial charge in [0.05, 0.1) is 17.8 Å². The molecule has 0 aromatic rings. The van der Waals surface area contributed by atoms with Gasteiger partial charge in [0.2, 0.25) is 0 Å². The molecule has 1 aliphatic carbocycles. The minimum Gasteiger partial charge on any atom is -0.442 e. The van der Waals surface area contributed by atoms with Crippen molar-refractivity contribution in [2.24, 2.45) is 23.7 Å². The van der Waals surface area contributed by atoms with Gasteiger partial charge >= 0.3 is 6.09 Å². The summed E-state index contributed by atoms with van der Waals surface area (Å²) in [6.45, 7) is 18.0. The minimum atomic E-state index is -0.983. The van der Waals surface area contributed by atoms with E-state index in [1.807, 2.05) is 6.92 Å². The molecule has 0 aromatic heterocycles. The first-order chi connectivity index (χ1) is 16.2. The zero-order valence-corrected chi connectivity index (χ0v) is 22.1. The van der Waals surface area contributed by atoms with Crippen molar-refractivity contribution in [1.29, 1.82) is 0 Å². The predicted molar refractivity (Wildman–Crippen MR) is 138 cm³/mol. The maximum absolute atomic E-state index is 12.5. The second kappa shape index (κ2) is 12.1. The number of nitrogens with one attached hydrogen (secondary N) is 1. The first-order valence-corrected chi connectivity index (χ1v) is 13.8. The molecule has 5 heteroatoms. The average Bonchev–Trinajstić information content (AvgIpc) is 3.17. The maximum atomic E-state index is 12.5. The fraction of sp³-hybridized carbons (Fsp3) is 0.828. The normalized spacial score (nSPS) is 35.9. The van der Waals surface area contributed by atoms with Gasteiger partial charge in [0, 0.05) is 12.5 Å². The van der Waals surface area contributed by atoms with E-state index in [-0.39, 0.29) is 30.1 Å². The molecule has 2 bridgehead atoms. The summed E-state index contributed by atoms with van der Waals surface area (Å²) in [6, 6.07) is 0. The Morgan fingerprint density at radius 1 is 1.18 bits per heavy atom. The fourth-order valence-electron chi connectivity index (χ4n) is 6.62. The van der Waals surface area contributed by atoms with Crippen LogP contribution in [0.4, 0.5) is 4.79 Å². The van der Waals surface area contributed by atoms with Crippen molar-refractivity contribution in [3.63, 3.8) is 0 Å². The summed E-state index contributed by atoms with van der Waals surface area (Å²) in [5.74, 6) is 1.57. The van der Waals surface area contributed by atoms with Crippen LogP contribution >= 0.6 is 0 Å². The van der Waals surface area contributed by atoms with Gasteiger partial charge in [-0.15, -0.1) is 0 Å². The van der Waals surface area contributed by atoms with Gasteiger partial charge in [0.25, 0.3) is 0 Å². The molecule has 3 aliphatic rings. The topological polar surface area (TPSA) is 67.8 Å². The van der Waals surface area contributed by atoms with Gasteiger partial charge in [0.15, 0.2) is 0 Å². The Bertz CT molecular complexity index is 715. The van der Waals surface area contributed by atoms with E-state index < -0.39 is 11.7 Å². The van der Waals surface area contributed by atoms with Crippen LogP contribution in [-0.2, 0) is 9.47 Å². The van der Waals surface area contributed by atoms with Crippen LogP contribution in [0.15, 0.2) is 24.3 Å². The molecule has 2 N–H and O–H groups in total. The summed E-state index contributed by atoms with van der Waals surface area (Å²) in [5.41, 5.74) is 1.15. The quantitative estimate of drug-likeness (QED) is 0.293. The molecule has 0 aromatic carbocycles. The lowest BCUT2D eigenvalue weighted by atomic mass is 9.61. The highest BCUT2D eigenvalue weighted by Gasteiger charge is 2.57. The predicted octanol–water partition coefficient (Wildman–Crippen LogP) is 6.55. The number of amides is 1. The van der Waals surface area contributed by atoms with Crippen molar-refractivity contribution in [2.45, 2.75) is 122 Å². The van der Waals surface area contributed by atoms with Crippen LogP contribution in [0, 0.1) is 23.7 Å². The van der Waals surface area contributed by atoms with Crippen LogP contribution in [0.3, 0.4) is 0 Å². The van der Waals surface area contributed by atoms with E-state index in [4.69, 9.17) is 9.47 Å². The average molecular weight is 476 g/mol. The molecule has 0 radical (unpaired) electrons. The van der Waals surface area contributed by atoms with Crippen molar-refractivity contribution in [2.75, 3.05) is 6.54 Å². The summed E-state index contributed by atoms with van der Waals surface area (Å²) in [5, 5.41) is 14.5. The lowest BCUT2D eigenvalue weighted by Crippen LogP contribution is -2.48. The monoisotopic (exact) mass is 475 g/mol. The van der Waals surface area contributed by atoms with E-state index in [0.717, 1.165) is 31.3 Å². The molecule has 34 heavy (non-hydrogen) atoms. The van der Waals surface area contributed by atoms with E-state index in [2.05, 4.69) is 39.2 Å². The van der Waals surface area contributed by atoms with E-state index in [1.165, 1.54) is 31.3 Å². The largest absolute Gasteiger partial charge is 0.442 e. The first-order valence-electron chi connectivity index (χ1n) is 13.8. The van der Waals surface area contributed by atoms with Crippen molar-refractivity contribution in [3.05, 3.63) is 24.3 Å². The summed E-state index contributed by atoms with van der Waals surface area (Å²) in [7, 11) is 0. The second-order valence-electron chi connectivity index (χ2n) is 11.6. The summed E-state index contributed by atoms with van der Waals surface area (Å²) in [4.78, 5) is 12.5. The van der Waals surface area contributed by atoms with Crippen molar-refractivity contribution in [3.8, 4) is 0 Å². The molecule has 0 spiro atoms. The van der Waals surface area contributed by atoms with Crippen molar-refractivity contribution in [1.82, 2.24) is 5.32 Å². The number of ether oxygens (including phenoxy) is 2. The van der Waals surface area contributed by atoms with E-state index >= 15 is 0 Å². The van der Waals surface area contributed by atoms with Gasteiger partial charge in [-0.2, -0.15) is 0 Å². The van der Waals surface area contributed by atoms with Gasteiger partial charge in [-0.1, -0.05) is 71.6 Å². The summed E-state index contributed by atoms with van der Waals surface area (Å²) in [6.07, 6.45) is 9.88. The zero-order chi connectivity index (χ0) is 24.9. The second-order valence-corrected chi connectivity index (χ2v) is 11.6. The molecule has 2 saturated heterocycles. The molecule has 3 fully saturated rings. The highest BCUT2D eigenvalue weighted by atomic mass is 16.6. The molecule has 2 heterocycles. The molecule has 3 rings (SSSR count). The molecule has 5 nitrogen and oxygen atoms in total. The smallest absolute Gasteiger partial charge is 0.407 e. The molecule has 2 aliphatic heterocycles. The van der Waals surface area contributed by atoms with Crippen molar-refractivity contribution < 1.29 is 19.4 Å². The number of hydrogen-bond donors (Lipinski definition) is 2. The van der Waals surface area contributed by atoms with E-state index in [0.29, 0.717) is 37.6 Å². The van der Waals surface area contributed by atoms with Crippen LogP contribution in [0.5, 0.6) is 0 Å². The highest BCUT2D eigenvalue weighted by molar-refractivity contribution is 5.67. The van der Waals surface area contributed by atoms with Crippen LogP contribution < -0.4 is 5.32 Å². The summed E-state index contributed by atoms with van der Waals surface area (Å²) < 4.78 is 12.4. The Kier molecular flexibility index (Phi) is 9.68. The van der Waals surface area contributed by atoms with Crippen LogP contribution in [0.25, 0.3) is 0 Å². The Hall–Kier alpha value is -1.33. The molecule has 1 saturated carbocycles. The number of carbonyl (C=O) groups is 1. The van der Waals surface area contributed by atoms with Crippen LogP contribution in [0.1, 0.15) is 98.3 Å². The molecular weight excluding hydrogens is 426 g/mol. The number of fused-ring (bicyclic) bond motifs is 5. The third-order valence-corrected chi connectivity index (χ3v) is 8.60. The van der Waals surface area contributed by atoms with Gasteiger partial charge in [-0.05, 0) is 68.8 Å². The maximum Gasteiger partial charge on any atom is 0.407 e. The van der Waals surface area contributed by atoms with Gasteiger partial charge in [0.1, 0.15) is 6.10 Å². The molecule has 0 unspecified atom stereocenters. The van der Waals surface area contributed by atoms with Gasteiger partial charge < -0.3 is 19.9 Å². The van der Waals surface area contributed by atoms with Crippen molar-refractivity contribution >= 4 is 6.09 Å². The number of unbranched alkanes of at least 4 members (excludes halogenated alkanes) is 5. The lowest BCUT2D eigenvalue weighted by molar-refractivity contribution is -0.117. The molecule has 7 atom stereocenters. The number of alkyl carbamates (subject to hydrolysis) is 1. The van der Waals surface area contributed by atoms with Crippen LogP contribution in [0.2, 0.25) is 0 Å². The lowest BCUT2D eigenvalue weighted by Gasteiger charge is -2.44. The Labute approximate surface area is 207 Å². The number of hydrogen-bond acceptors (Lipinski definition) is 4. The number of rotatable bonds is 9. The number of aliphatic hydroxyl groups is 1. The first kappa shape index (κ1) is 27.3. The Morgan fingerprint density at radius 2 is 1.88 bits per heavy atom. The molecule has 1 amide bonds. The van der Waals surface area contributed by atoms with E-state index in [1.54, 1.807) is 0 Å². The fourth-order valence-corrected chi connectivity index (χ4v) is 6.62. The Morgan fingerprint density at radius 3 is 2.59 bits per heavy atom.